The molecule has 1 aliphatic rings. The molecule has 0 amide bonds. The first kappa shape index (κ1) is 17.8. The van der Waals surface area contributed by atoms with Crippen molar-refractivity contribution in [2.24, 2.45) is 0 Å². The fourth-order valence-corrected chi connectivity index (χ4v) is 3.92. The number of carboxylic acid groups (broad SMARTS) is 1. The topological polar surface area (TPSA) is 70.4 Å². The summed E-state index contributed by atoms with van der Waals surface area (Å²) in [5.41, 5.74) is 0.736. The first-order valence-electron chi connectivity index (χ1n) is 8.36. The number of hydrogen-bond donors (Lipinski definition) is 2. The quantitative estimate of drug-likeness (QED) is 0.646. The smallest absolute Gasteiger partial charge is 0.319 e. The number of hydrogen-bond acceptors (Lipinski definition) is 4. The summed E-state index contributed by atoms with van der Waals surface area (Å²) in [6, 6.07) is 7.53. The Kier molecular flexibility index (Phi) is 4.77. The average molecular weight is 355 g/mol. The predicted molar refractivity (Wildman–Crippen MR) is 99.6 cm³/mol. The molecule has 0 radical (unpaired) electrons. The average Bonchev–Trinajstić information content (AvgIpc) is 3.00. The lowest BCUT2D eigenvalue weighted by molar-refractivity contribution is -0.138. The van der Waals surface area contributed by atoms with Crippen molar-refractivity contribution >= 4 is 28.6 Å². The summed E-state index contributed by atoms with van der Waals surface area (Å²) in [4.78, 5) is 16.6. The van der Waals surface area contributed by atoms with Crippen LogP contribution < -0.4 is 0 Å². The Balaban J connectivity index is 1.98. The van der Waals surface area contributed by atoms with Crippen LogP contribution in [0.2, 0.25) is 0 Å². The molecule has 25 heavy (non-hydrogen) atoms. The fraction of sp³-hybridized carbons (Fsp3) is 0.400. The summed E-state index contributed by atoms with van der Waals surface area (Å²) in [5.74, 6) is 5.23. The molecule has 0 atom stereocenters. The number of fused-ring (bicyclic) bond motifs is 1. The molecule has 0 aliphatic heterocycles. The highest BCUT2D eigenvalue weighted by Gasteiger charge is 2.30. The monoisotopic (exact) mass is 355 g/mol. The van der Waals surface area contributed by atoms with Gasteiger partial charge >= 0.3 is 5.97 Å². The normalized spacial score (nSPS) is 16.4. The zero-order chi connectivity index (χ0) is 18.1. The second-order valence-electron chi connectivity index (χ2n) is 6.95. The zero-order valence-electron chi connectivity index (χ0n) is 14.4. The number of carboxylic acids is 1. The third kappa shape index (κ3) is 3.97. The van der Waals surface area contributed by atoms with E-state index in [-0.39, 0.29) is 0 Å². The van der Waals surface area contributed by atoms with E-state index in [2.05, 4.69) is 16.8 Å². The Morgan fingerprint density at radius 1 is 1.28 bits per heavy atom. The Labute approximate surface area is 151 Å². The van der Waals surface area contributed by atoms with Crippen LogP contribution in [-0.2, 0) is 4.79 Å². The number of aliphatic carboxylic acids is 1. The highest BCUT2D eigenvalue weighted by Crippen LogP contribution is 2.36. The maximum absolute atomic E-state index is 11.4. The van der Waals surface area contributed by atoms with Gasteiger partial charge in [-0.1, -0.05) is 11.8 Å². The molecule has 0 unspecified atom stereocenters. The van der Waals surface area contributed by atoms with Crippen molar-refractivity contribution in [2.45, 2.75) is 54.8 Å². The van der Waals surface area contributed by atoms with E-state index in [1.54, 1.807) is 20.0 Å². The van der Waals surface area contributed by atoms with Crippen molar-refractivity contribution in [1.29, 1.82) is 0 Å². The first-order valence-corrected chi connectivity index (χ1v) is 9.18. The summed E-state index contributed by atoms with van der Waals surface area (Å²) in [6.07, 6.45) is 5.16. The molecular weight excluding hydrogens is 334 g/mol. The number of aromatic nitrogens is 1. The fourth-order valence-electron chi connectivity index (χ4n) is 2.88. The molecule has 1 aliphatic carbocycles. The summed E-state index contributed by atoms with van der Waals surface area (Å²) in [5, 5.41) is 20.6. The molecular formula is C20H21NO3S. The van der Waals surface area contributed by atoms with Crippen LogP contribution in [0.25, 0.3) is 10.9 Å². The molecule has 1 heterocycles. The van der Waals surface area contributed by atoms with Crippen molar-refractivity contribution in [2.75, 3.05) is 0 Å². The molecule has 1 saturated carbocycles. The van der Waals surface area contributed by atoms with Gasteiger partial charge in [0.25, 0.3) is 0 Å². The van der Waals surface area contributed by atoms with E-state index in [1.807, 2.05) is 24.3 Å². The van der Waals surface area contributed by atoms with Crippen LogP contribution in [-0.4, -0.2) is 31.5 Å². The number of carbonyl (C=O) groups is 1. The van der Waals surface area contributed by atoms with Crippen molar-refractivity contribution in [3.63, 3.8) is 0 Å². The van der Waals surface area contributed by atoms with Crippen LogP contribution in [0.15, 0.2) is 35.4 Å². The van der Waals surface area contributed by atoms with Gasteiger partial charge in [-0.3, -0.25) is 9.78 Å². The van der Waals surface area contributed by atoms with Gasteiger partial charge in [0.15, 0.2) is 0 Å². The van der Waals surface area contributed by atoms with Crippen molar-refractivity contribution in [3.8, 4) is 11.8 Å². The van der Waals surface area contributed by atoms with Gasteiger partial charge in [0, 0.05) is 22.0 Å². The van der Waals surface area contributed by atoms with E-state index in [0.29, 0.717) is 0 Å². The Morgan fingerprint density at radius 3 is 2.68 bits per heavy atom. The molecule has 1 aromatic heterocycles. The number of aliphatic hydroxyl groups is 1. The van der Waals surface area contributed by atoms with Crippen LogP contribution in [0.5, 0.6) is 0 Å². The second kappa shape index (κ2) is 6.70. The van der Waals surface area contributed by atoms with Crippen LogP contribution in [0.3, 0.4) is 0 Å². The molecule has 130 valence electrons. The van der Waals surface area contributed by atoms with Crippen molar-refractivity contribution < 1.29 is 15.0 Å². The van der Waals surface area contributed by atoms with Gasteiger partial charge < -0.3 is 10.2 Å². The third-order valence-electron chi connectivity index (χ3n) is 4.45. The summed E-state index contributed by atoms with van der Waals surface area (Å²) in [7, 11) is 0. The maximum Gasteiger partial charge on any atom is 0.319 e. The van der Waals surface area contributed by atoms with Gasteiger partial charge in [0.1, 0.15) is 10.3 Å². The van der Waals surface area contributed by atoms with E-state index >= 15 is 0 Å². The van der Waals surface area contributed by atoms with Gasteiger partial charge in [0.05, 0.1) is 5.52 Å². The molecule has 4 nitrogen and oxygen atoms in total. The Bertz CT molecular complexity index is 873. The highest BCUT2D eigenvalue weighted by atomic mass is 32.2. The summed E-state index contributed by atoms with van der Waals surface area (Å²) >= 11 is 1.30. The van der Waals surface area contributed by atoms with Gasteiger partial charge in [-0.05, 0) is 63.8 Å². The lowest BCUT2D eigenvalue weighted by atomic mass is 10.0. The van der Waals surface area contributed by atoms with E-state index < -0.39 is 16.3 Å². The second-order valence-corrected chi connectivity index (χ2v) is 8.61. The van der Waals surface area contributed by atoms with E-state index in [0.717, 1.165) is 47.0 Å². The van der Waals surface area contributed by atoms with Crippen LogP contribution >= 0.6 is 11.8 Å². The largest absolute Gasteiger partial charge is 0.480 e. The standard InChI is InChI=1S/C20H21NO3S/c1-19(2,18(22)23)25-17-8-12-21-16-6-5-14(13-15(16)17)7-11-20(24)9-3-4-10-20/h5-6,8,12-13,24H,3-4,9-10H2,1-2H3,(H,22,23). The number of benzene rings is 1. The lowest BCUT2D eigenvalue weighted by Crippen LogP contribution is -2.26. The minimum Gasteiger partial charge on any atom is -0.480 e. The molecule has 0 saturated heterocycles. The number of thioether (sulfide) groups is 1. The SMILES string of the molecule is CC(C)(Sc1ccnc2ccc(C#CC3(O)CCCC3)cc12)C(=O)O. The van der Waals surface area contributed by atoms with Gasteiger partial charge in [0.2, 0.25) is 0 Å². The molecule has 0 spiro atoms. The number of rotatable bonds is 3. The number of pyridine rings is 1. The summed E-state index contributed by atoms with van der Waals surface area (Å²) in [6.45, 7) is 3.37. The molecule has 2 N–H and O–H groups in total. The first-order chi connectivity index (χ1) is 11.8. The highest BCUT2D eigenvalue weighted by molar-refractivity contribution is 8.01. The summed E-state index contributed by atoms with van der Waals surface area (Å²) < 4.78 is -0.936. The maximum atomic E-state index is 11.4. The van der Waals surface area contributed by atoms with E-state index in [9.17, 15) is 15.0 Å². The molecule has 5 heteroatoms. The molecule has 1 fully saturated rings. The van der Waals surface area contributed by atoms with Gasteiger partial charge in [-0.15, -0.1) is 11.8 Å². The lowest BCUT2D eigenvalue weighted by Gasteiger charge is -2.19. The minimum atomic E-state index is -0.936. The van der Waals surface area contributed by atoms with Crippen molar-refractivity contribution in [3.05, 3.63) is 36.0 Å². The van der Waals surface area contributed by atoms with Gasteiger partial charge in [-0.25, -0.2) is 0 Å². The Morgan fingerprint density at radius 2 is 2.00 bits per heavy atom. The third-order valence-corrected chi connectivity index (χ3v) is 5.71. The van der Waals surface area contributed by atoms with Gasteiger partial charge in [-0.2, -0.15) is 0 Å². The molecule has 3 rings (SSSR count). The van der Waals surface area contributed by atoms with Crippen LogP contribution in [0.1, 0.15) is 45.1 Å². The van der Waals surface area contributed by atoms with Crippen LogP contribution in [0.4, 0.5) is 0 Å². The minimum absolute atomic E-state index is 0.725. The molecule has 1 aromatic carbocycles. The van der Waals surface area contributed by atoms with E-state index in [4.69, 9.17) is 0 Å². The number of nitrogens with zero attached hydrogens (tertiary/aromatic N) is 1. The molecule has 2 aromatic rings. The molecule has 0 bridgehead atoms. The van der Waals surface area contributed by atoms with Crippen molar-refractivity contribution in [1.82, 2.24) is 4.98 Å². The predicted octanol–water partition coefficient (Wildman–Crippen LogP) is 3.85. The zero-order valence-corrected chi connectivity index (χ0v) is 15.2. The van der Waals surface area contributed by atoms with E-state index in [1.165, 1.54) is 11.8 Å². The van der Waals surface area contributed by atoms with Crippen LogP contribution in [0, 0.1) is 11.8 Å². The Hall–Kier alpha value is -2.03.